The second kappa shape index (κ2) is 7.90. The minimum atomic E-state index is -3.00. The number of nitrogens with zero attached hydrogens (tertiary/aromatic N) is 3. The minimum Gasteiger partial charge on any atom is -0.433 e. The first-order valence-corrected chi connectivity index (χ1v) is 9.18. The number of fused-ring (bicyclic) bond motifs is 1. The Morgan fingerprint density at radius 2 is 1.87 bits per heavy atom. The maximum absolute atomic E-state index is 13.1. The molecule has 6 nitrogen and oxygen atoms in total. The summed E-state index contributed by atoms with van der Waals surface area (Å²) in [5.41, 5.74) is 3.34. The van der Waals surface area contributed by atoms with Crippen LogP contribution in [0.3, 0.4) is 0 Å². The molecule has 2 heterocycles. The summed E-state index contributed by atoms with van der Waals surface area (Å²) in [6, 6.07) is 15.0. The summed E-state index contributed by atoms with van der Waals surface area (Å²) in [4.78, 5) is 17.8. The SMILES string of the molecule is Cc1nn(C)cc1-c1cc(C(=O)Nc2ccccc2OC(F)F)c2ccccc2n1. The van der Waals surface area contributed by atoms with Gasteiger partial charge in [-0.2, -0.15) is 13.9 Å². The van der Waals surface area contributed by atoms with E-state index in [1.807, 2.05) is 38.4 Å². The van der Waals surface area contributed by atoms with E-state index in [4.69, 9.17) is 0 Å². The number of hydrogen-bond donors (Lipinski definition) is 1. The Morgan fingerprint density at radius 1 is 1.13 bits per heavy atom. The van der Waals surface area contributed by atoms with Gasteiger partial charge in [0.2, 0.25) is 0 Å². The Hall–Kier alpha value is -3.81. The third-order valence-electron chi connectivity index (χ3n) is 4.60. The predicted molar refractivity (Wildman–Crippen MR) is 110 cm³/mol. The number of para-hydroxylation sites is 3. The van der Waals surface area contributed by atoms with Crippen LogP contribution in [-0.2, 0) is 7.05 Å². The van der Waals surface area contributed by atoms with Gasteiger partial charge < -0.3 is 10.1 Å². The Kier molecular flexibility index (Phi) is 5.14. The maximum Gasteiger partial charge on any atom is 0.387 e. The molecule has 0 atom stereocenters. The fourth-order valence-electron chi connectivity index (χ4n) is 3.31. The van der Waals surface area contributed by atoms with Gasteiger partial charge in [0.15, 0.2) is 0 Å². The van der Waals surface area contributed by atoms with Gasteiger partial charge in [0, 0.05) is 24.2 Å². The lowest BCUT2D eigenvalue weighted by atomic mass is 10.0. The largest absolute Gasteiger partial charge is 0.433 e. The number of benzene rings is 2. The van der Waals surface area contributed by atoms with E-state index in [2.05, 4.69) is 20.1 Å². The molecule has 1 N–H and O–H groups in total. The fourth-order valence-corrected chi connectivity index (χ4v) is 3.31. The third-order valence-corrected chi connectivity index (χ3v) is 4.60. The molecule has 0 aliphatic heterocycles. The molecule has 0 unspecified atom stereocenters. The van der Waals surface area contributed by atoms with Crippen LogP contribution in [0.5, 0.6) is 5.75 Å². The summed E-state index contributed by atoms with van der Waals surface area (Å²) in [6.07, 6.45) is 1.83. The van der Waals surface area contributed by atoms with Crippen molar-refractivity contribution in [2.24, 2.45) is 7.05 Å². The Labute approximate surface area is 171 Å². The van der Waals surface area contributed by atoms with Crippen molar-refractivity contribution >= 4 is 22.5 Å². The molecule has 0 saturated heterocycles. The summed E-state index contributed by atoms with van der Waals surface area (Å²) < 4.78 is 31.6. The molecule has 8 heteroatoms. The van der Waals surface area contributed by atoms with E-state index in [-0.39, 0.29) is 11.4 Å². The number of aromatic nitrogens is 3. The van der Waals surface area contributed by atoms with E-state index in [9.17, 15) is 13.6 Å². The molecule has 0 fully saturated rings. The zero-order valence-corrected chi connectivity index (χ0v) is 16.3. The van der Waals surface area contributed by atoms with Gasteiger partial charge in [-0.25, -0.2) is 4.98 Å². The van der Waals surface area contributed by atoms with Crippen molar-refractivity contribution in [1.82, 2.24) is 14.8 Å². The number of rotatable bonds is 5. The number of carbonyl (C=O) groups is 1. The second-order valence-corrected chi connectivity index (χ2v) is 6.70. The predicted octanol–water partition coefficient (Wildman–Crippen LogP) is 4.80. The summed E-state index contributed by atoms with van der Waals surface area (Å²) in [5.74, 6) is -0.566. The lowest BCUT2D eigenvalue weighted by Gasteiger charge is -2.13. The number of aryl methyl sites for hydroxylation is 2. The molecular weight excluding hydrogens is 390 g/mol. The standard InChI is InChI=1S/C22H18F2N4O2/c1-13-16(12-28(2)27-13)19-11-15(14-7-3-4-8-17(14)25-19)21(29)26-18-9-5-6-10-20(18)30-22(23)24/h3-12,22H,1-2H3,(H,26,29). The number of carbonyl (C=O) groups excluding carboxylic acids is 1. The number of alkyl halides is 2. The van der Waals surface area contributed by atoms with Gasteiger partial charge in [0.25, 0.3) is 5.91 Å². The zero-order valence-electron chi connectivity index (χ0n) is 16.3. The quantitative estimate of drug-likeness (QED) is 0.515. The molecule has 0 bridgehead atoms. The average Bonchev–Trinajstić information content (AvgIpc) is 3.06. The van der Waals surface area contributed by atoms with Gasteiger partial charge in [-0.3, -0.25) is 9.48 Å². The van der Waals surface area contributed by atoms with Gasteiger partial charge in [-0.05, 0) is 31.2 Å². The van der Waals surface area contributed by atoms with E-state index in [1.165, 1.54) is 12.1 Å². The molecule has 0 radical (unpaired) electrons. The highest BCUT2D eigenvalue weighted by Crippen LogP contribution is 2.29. The third kappa shape index (κ3) is 3.84. The van der Waals surface area contributed by atoms with Crippen molar-refractivity contribution < 1.29 is 18.3 Å². The first-order chi connectivity index (χ1) is 14.4. The smallest absolute Gasteiger partial charge is 0.387 e. The van der Waals surface area contributed by atoms with Crippen LogP contribution in [0.2, 0.25) is 0 Å². The van der Waals surface area contributed by atoms with Crippen molar-refractivity contribution in [1.29, 1.82) is 0 Å². The molecular formula is C22H18F2N4O2. The first kappa shape index (κ1) is 19.5. The van der Waals surface area contributed by atoms with Gasteiger partial charge in [0.1, 0.15) is 5.75 Å². The highest BCUT2D eigenvalue weighted by atomic mass is 19.3. The molecule has 0 spiro atoms. The highest BCUT2D eigenvalue weighted by molar-refractivity contribution is 6.13. The monoisotopic (exact) mass is 408 g/mol. The molecule has 2 aromatic carbocycles. The van der Waals surface area contributed by atoms with Crippen molar-refractivity contribution in [3.63, 3.8) is 0 Å². The zero-order chi connectivity index (χ0) is 21.3. The van der Waals surface area contributed by atoms with E-state index in [0.717, 1.165) is 11.3 Å². The molecule has 1 amide bonds. The number of nitrogens with one attached hydrogen (secondary N) is 1. The van der Waals surface area contributed by atoms with Crippen molar-refractivity contribution in [2.75, 3.05) is 5.32 Å². The Morgan fingerprint density at radius 3 is 2.60 bits per heavy atom. The Balaban J connectivity index is 1.79. The molecule has 4 aromatic rings. The number of pyridine rings is 1. The molecule has 152 valence electrons. The topological polar surface area (TPSA) is 69.0 Å². The maximum atomic E-state index is 13.1. The van der Waals surface area contributed by atoms with E-state index in [0.29, 0.717) is 22.2 Å². The number of ether oxygens (including phenoxy) is 1. The van der Waals surface area contributed by atoms with Crippen molar-refractivity contribution in [3.05, 3.63) is 72.1 Å². The van der Waals surface area contributed by atoms with Gasteiger partial charge >= 0.3 is 6.61 Å². The van der Waals surface area contributed by atoms with E-state index >= 15 is 0 Å². The lowest BCUT2D eigenvalue weighted by molar-refractivity contribution is -0.0493. The molecule has 0 aliphatic rings. The van der Waals surface area contributed by atoms with Crippen molar-refractivity contribution in [2.45, 2.75) is 13.5 Å². The summed E-state index contributed by atoms with van der Waals surface area (Å²) in [5, 5.41) is 7.66. The normalized spacial score (nSPS) is 11.1. The number of halogens is 2. The second-order valence-electron chi connectivity index (χ2n) is 6.70. The first-order valence-electron chi connectivity index (χ1n) is 9.18. The van der Waals surface area contributed by atoms with Crippen LogP contribution in [0.25, 0.3) is 22.2 Å². The van der Waals surface area contributed by atoms with Gasteiger partial charge in [0.05, 0.1) is 28.2 Å². The van der Waals surface area contributed by atoms with Crippen LogP contribution in [-0.4, -0.2) is 27.3 Å². The van der Waals surface area contributed by atoms with E-state index in [1.54, 1.807) is 28.9 Å². The van der Waals surface area contributed by atoms with Crippen LogP contribution in [0.15, 0.2) is 60.8 Å². The molecule has 4 rings (SSSR count). The number of anilines is 1. The number of hydrogen-bond acceptors (Lipinski definition) is 4. The Bertz CT molecular complexity index is 1240. The average molecular weight is 408 g/mol. The van der Waals surface area contributed by atoms with Crippen LogP contribution in [0.1, 0.15) is 16.1 Å². The lowest BCUT2D eigenvalue weighted by Crippen LogP contribution is -2.15. The number of amides is 1. The van der Waals surface area contributed by atoms with E-state index < -0.39 is 12.5 Å². The van der Waals surface area contributed by atoms with Crippen molar-refractivity contribution in [3.8, 4) is 17.0 Å². The summed E-state index contributed by atoms with van der Waals surface area (Å²) in [7, 11) is 1.81. The van der Waals surface area contributed by atoms with Crippen LogP contribution >= 0.6 is 0 Å². The fraction of sp³-hybridized carbons (Fsp3) is 0.136. The molecule has 30 heavy (non-hydrogen) atoms. The molecule has 2 aromatic heterocycles. The summed E-state index contributed by atoms with van der Waals surface area (Å²) in [6.45, 7) is -1.13. The molecule has 0 aliphatic carbocycles. The molecule has 0 saturated carbocycles. The van der Waals surface area contributed by atoms with Gasteiger partial charge in [-0.1, -0.05) is 30.3 Å². The minimum absolute atomic E-state index is 0.109. The summed E-state index contributed by atoms with van der Waals surface area (Å²) >= 11 is 0. The van der Waals surface area contributed by atoms with Crippen LogP contribution in [0, 0.1) is 6.92 Å². The highest BCUT2D eigenvalue weighted by Gasteiger charge is 2.18. The van der Waals surface area contributed by atoms with Crippen LogP contribution in [0.4, 0.5) is 14.5 Å². The van der Waals surface area contributed by atoms with Gasteiger partial charge in [-0.15, -0.1) is 0 Å². The van der Waals surface area contributed by atoms with Crippen LogP contribution < -0.4 is 10.1 Å².